The van der Waals surface area contributed by atoms with E-state index in [1.54, 1.807) is 26.0 Å². The number of carbonyl (C=O) groups is 1. The lowest BCUT2D eigenvalue weighted by Crippen LogP contribution is -2.34. The number of hydrogen-bond donors (Lipinski definition) is 3. The third kappa shape index (κ3) is 4.22. The maximum absolute atomic E-state index is 12.1. The first-order valence-electron chi connectivity index (χ1n) is 5.78. The largest absolute Gasteiger partial charge is 0.465 e. The zero-order valence-electron chi connectivity index (χ0n) is 11.1. The third-order valence-corrected chi connectivity index (χ3v) is 4.33. The van der Waals surface area contributed by atoms with Gasteiger partial charge in [0.05, 0.1) is 4.90 Å². The van der Waals surface area contributed by atoms with E-state index < -0.39 is 16.1 Å². The SMILES string of the molecule is Cc1cc(C)c(S(=O)(=O)NCCNC(=O)O)c(C)c1. The second-order valence-electron chi connectivity index (χ2n) is 4.36. The van der Waals surface area contributed by atoms with E-state index >= 15 is 0 Å². The molecule has 1 aromatic rings. The lowest BCUT2D eigenvalue weighted by molar-refractivity contribution is 0.194. The molecule has 1 amide bonds. The van der Waals surface area contributed by atoms with Crippen molar-refractivity contribution in [1.29, 1.82) is 0 Å². The van der Waals surface area contributed by atoms with Crippen molar-refractivity contribution in [2.45, 2.75) is 25.7 Å². The van der Waals surface area contributed by atoms with Gasteiger partial charge in [-0.2, -0.15) is 0 Å². The number of amides is 1. The fourth-order valence-electron chi connectivity index (χ4n) is 2.02. The molecule has 0 spiro atoms. The number of sulfonamides is 1. The van der Waals surface area contributed by atoms with E-state index in [0.717, 1.165) is 5.56 Å². The summed E-state index contributed by atoms with van der Waals surface area (Å²) >= 11 is 0. The highest BCUT2D eigenvalue weighted by Crippen LogP contribution is 2.21. The molecule has 0 aliphatic heterocycles. The summed E-state index contributed by atoms with van der Waals surface area (Å²) in [5.41, 5.74) is 2.36. The van der Waals surface area contributed by atoms with Gasteiger partial charge in [0.2, 0.25) is 10.0 Å². The van der Waals surface area contributed by atoms with E-state index in [9.17, 15) is 13.2 Å². The monoisotopic (exact) mass is 286 g/mol. The van der Waals surface area contributed by atoms with Crippen LogP contribution in [-0.4, -0.2) is 32.7 Å². The Morgan fingerprint density at radius 2 is 1.68 bits per heavy atom. The number of benzene rings is 1. The predicted molar refractivity (Wildman–Crippen MR) is 71.9 cm³/mol. The van der Waals surface area contributed by atoms with Gasteiger partial charge in [-0.25, -0.2) is 17.9 Å². The quantitative estimate of drug-likeness (QED) is 0.708. The van der Waals surface area contributed by atoms with Crippen molar-refractivity contribution in [2.75, 3.05) is 13.1 Å². The van der Waals surface area contributed by atoms with Crippen LogP contribution in [0.2, 0.25) is 0 Å². The molecular formula is C12H18N2O4S. The maximum Gasteiger partial charge on any atom is 0.404 e. The van der Waals surface area contributed by atoms with Gasteiger partial charge in [0.1, 0.15) is 0 Å². The van der Waals surface area contributed by atoms with Crippen molar-refractivity contribution < 1.29 is 18.3 Å². The Balaban J connectivity index is 2.86. The summed E-state index contributed by atoms with van der Waals surface area (Å²) in [4.78, 5) is 10.5. The van der Waals surface area contributed by atoms with E-state index in [2.05, 4.69) is 10.0 Å². The second-order valence-corrected chi connectivity index (χ2v) is 6.06. The molecule has 0 radical (unpaired) electrons. The molecule has 0 bridgehead atoms. The van der Waals surface area contributed by atoms with Crippen LogP contribution in [0, 0.1) is 20.8 Å². The van der Waals surface area contributed by atoms with Gasteiger partial charge in [-0.3, -0.25) is 0 Å². The van der Waals surface area contributed by atoms with E-state index in [1.165, 1.54) is 0 Å². The van der Waals surface area contributed by atoms with Crippen LogP contribution in [0.15, 0.2) is 17.0 Å². The predicted octanol–water partition coefficient (Wildman–Crippen LogP) is 1.16. The van der Waals surface area contributed by atoms with Crippen molar-refractivity contribution >= 4 is 16.1 Å². The Labute approximate surface area is 112 Å². The molecule has 0 unspecified atom stereocenters. The van der Waals surface area contributed by atoms with E-state index in [-0.39, 0.29) is 18.0 Å². The first kappa shape index (κ1) is 15.5. The maximum atomic E-state index is 12.1. The number of hydrogen-bond acceptors (Lipinski definition) is 3. The van der Waals surface area contributed by atoms with Crippen LogP contribution in [0.1, 0.15) is 16.7 Å². The first-order chi connectivity index (χ1) is 8.74. The van der Waals surface area contributed by atoms with E-state index in [0.29, 0.717) is 11.1 Å². The number of nitrogens with one attached hydrogen (secondary N) is 2. The molecule has 3 N–H and O–H groups in total. The van der Waals surface area contributed by atoms with E-state index in [1.807, 2.05) is 6.92 Å². The fraction of sp³-hybridized carbons (Fsp3) is 0.417. The van der Waals surface area contributed by atoms with Crippen LogP contribution in [-0.2, 0) is 10.0 Å². The summed E-state index contributed by atoms with van der Waals surface area (Å²) in [5, 5.41) is 10.5. The highest BCUT2D eigenvalue weighted by Gasteiger charge is 2.19. The van der Waals surface area contributed by atoms with Gasteiger partial charge in [-0.15, -0.1) is 0 Å². The Hall–Kier alpha value is -1.60. The number of aryl methyl sites for hydroxylation is 3. The molecule has 0 fully saturated rings. The topological polar surface area (TPSA) is 95.5 Å². The van der Waals surface area contributed by atoms with Crippen molar-refractivity contribution in [3.8, 4) is 0 Å². The molecule has 0 aliphatic rings. The summed E-state index contributed by atoms with van der Waals surface area (Å²) in [6.07, 6.45) is -1.18. The lowest BCUT2D eigenvalue weighted by Gasteiger charge is -2.13. The van der Waals surface area contributed by atoms with Crippen LogP contribution < -0.4 is 10.0 Å². The standard InChI is InChI=1S/C12H18N2O4S/c1-8-6-9(2)11(10(3)7-8)19(17,18)14-5-4-13-12(15)16/h6-7,13-14H,4-5H2,1-3H3,(H,15,16). The Bertz CT molecular complexity index is 558. The van der Waals surface area contributed by atoms with Gasteiger partial charge in [-0.1, -0.05) is 17.7 Å². The molecule has 7 heteroatoms. The summed E-state index contributed by atoms with van der Waals surface area (Å²) in [5.74, 6) is 0. The number of carboxylic acid groups (broad SMARTS) is 1. The lowest BCUT2D eigenvalue weighted by atomic mass is 10.1. The molecule has 19 heavy (non-hydrogen) atoms. The van der Waals surface area contributed by atoms with E-state index in [4.69, 9.17) is 5.11 Å². The van der Waals surface area contributed by atoms with Gasteiger partial charge in [0.25, 0.3) is 0 Å². The zero-order valence-corrected chi connectivity index (χ0v) is 12.0. The molecule has 0 saturated heterocycles. The van der Waals surface area contributed by atoms with Gasteiger partial charge in [-0.05, 0) is 31.9 Å². The number of rotatable bonds is 5. The molecular weight excluding hydrogens is 268 g/mol. The fourth-order valence-corrected chi connectivity index (χ4v) is 3.50. The molecule has 1 aromatic carbocycles. The Kier molecular flexibility index (Phi) is 4.90. The molecule has 6 nitrogen and oxygen atoms in total. The third-order valence-electron chi connectivity index (χ3n) is 2.57. The Morgan fingerprint density at radius 1 is 1.16 bits per heavy atom. The van der Waals surface area contributed by atoms with Crippen LogP contribution in [0.5, 0.6) is 0 Å². The second kappa shape index (κ2) is 6.03. The van der Waals surface area contributed by atoms with Crippen LogP contribution in [0.3, 0.4) is 0 Å². The molecule has 0 atom stereocenters. The minimum Gasteiger partial charge on any atom is -0.465 e. The van der Waals surface area contributed by atoms with Crippen LogP contribution in [0.4, 0.5) is 4.79 Å². The molecule has 0 aliphatic carbocycles. The van der Waals surface area contributed by atoms with Crippen LogP contribution in [0.25, 0.3) is 0 Å². The molecule has 1 rings (SSSR count). The first-order valence-corrected chi connectivity index (χ1v) is 7.26. The summed E-state index contributed by atoms with van der Waals surface area (Å²) < 4.78 is 26.7. The Morgan fingerprint density at radius 3 is 2.16 bits per heavy atom. The van der Waals surface area contributed by atoms with Gasteiger partial charge >= 0.3 is 6.09 Å². The summed E-state index contributed by atoms with van der Waals surface area (Å²) in [6.45, 7) is 5.43. The smallest absolute Gasteiger partial charge is 0.404 e. The minimum absolute atomic E-state index is 0.0153. The van der Waals surface area contributed by atoms with Crippen molar-refractivity contribution in [3.05, 3.63) is 28.8 Å². The summed E-state index contributed by atoms with van der Waals surface area (Å²) in [6, 6.07) is 3.61. The van der Waals surface area contributed by atoms with Gasteiger partial charge in [0, 0.05) is 13.1 Å². The normalized spacial score (nSPS) is 11.3. The highest BCUT2D eigenvalue weighted by molar-refractivity contribution is 7.89. The average molecular weight is 286 g/mol. The molecule has 106 valence electrons. The van der Waals surface area contributed by atoms with Crippen molar-refractivity contribution in [2.24, 2.45) is 0 Å². The summed E-state index contributed by atoms with van der Waals surface area (Å²) in [7, 11) is -3.62. The molecule has 0 heterocycles. The average Bonchev–Trinajstić information content (AvgIpc) is 2.22. The van der Waals surface area contributed by atoms with Crippen LogP contribution >= 0.6 is 0 Å². The molecule has 0 saturated carbocycles. The van der Waals surface area contributed by atoms with Crippen molar-refractivity contribution in [1.82, 2.24) is 10.0 Å². The highest BCUT2D eigenvalue weighted by atomic mass is 32.2. The van der Waals surface area contributed by atoms with Gasteiger partial charge < -0.3 is 10.4 Å². The van der Waals surface area contributed by atoms with Gasteiger partial charge in [0.15, 0.2) is 0 Å². The zero-order chi connectivity index (χ0) is 14.6. The van der Waals surface area contributed by atoms with Crippen molar-refractivity contribution in [3.63, 3.8) is 0 Å². The minimum atomic E-state index is -3.62. The molecule has 0 aromatic heterocycles.